The quantitative estimate of drug-likeness (QED) is 0.771. The third-order valence-corrected chi connectivity index (χ3v) is 4.68. The largest absolute Gasteiger partial charge is 0.355 e. The van der Waals surface area contributed by atoms with E-state index in [4.69, 9.17) is 5.26 Å². The highest BCUT2D eigenvalue weighted by atomic mass is 16.2. The molecule has 2 amide bonds. The predicted octanol–water partition coefficient (Wildman–Crippen LogP) is 1.82. The number of hydrogen-bond donors (Lipinski definition) is 1. The molecule has 0 unspecified atom stereocenters. The molecule has 6 heteroatoms. The zero-order chi connectivity index (χ0) is 18.8. The van der Waals surface area contributed by atoms with Crippen LogP contribution in [0.25, 0.3) is 0 Å². The lowest BCUT2D eigenvalue weighted by molar-refractivity contribution is -0.121. The molecule has 1 N–H and O–H groups in total. The monoisotopic (exact) mass is 356 g/mol. The van der Waals surface area contributed by atoms with Crippen LogP contribution in [0.1, 0.15) is 42.1 Å². The molecule has 0 saturated carbocycles. The molecular formula is C20H28N4O2. The first-order valence-electron chi connectivity index (χ1n) is 9.39. The molecule has 1 heterocycles. The molecule has 0 atom stereocenters. The summed E-state index contributed by atoms with van der Waals surface area (Å²) in [4.78, 5) is 28.5. The van der Waals surface area contributed by atoms with E-state index in [1.54, 1.807) is 6.07 Å². The van der Waals surface area contributed by atoms with Gasteiger partial charge < -0.3 is 10.2 Å². The Bertz CT molecular complexity index is 645. The number of nitrogens with one attached hydrogen (secondary N) is 1. The van der Waals surface area contributed by atoms with E-state index in [0.717, 1.165) is 38.0 Å². The Morgan fingerprint density at radius 2 is 1.92 bits per heavy atom. The fourth-order valence-electron chi connectivity index (χ4n) is 3.09. The number of unbranched alkanes of at least 4 members (excludes halogenated alkanes) is 1. The zero-order valence-corrected chi connectivity index (χ0v) is 15.5. The maximum absolute atomic E-state index is 12.7. The van der Waals surface area contributed by atoms with Crippen LogP contribution in [0.4, 0.5) is 0 Å². The van der Waals surface area contributed by atoms with Gasteiger partial charge in [0.05, 0.1) is 12.5 Å². The van der Waals surface area contributed by atoms with Crippen molar-refractivity contribution in [3.63, 3.8) is 0 Å². The van der Waals surface area contributed by atoms with E-state index in [2.05, 4.69) is 23.2 Å². The average molecular weight is 356 g/mol. The van der Waals surface area contributed by atoms with Gasteiger partial charge in [-0.1, -0.05) is 31.5 Å². The molecule has 0 radical (unpaired) electrons. The van der Waals surface area contributed by atoms with Gasteiger partial charge in [-0.25, -0.2) is 0 Å². The maximum Gasteiger partial charge on any atom is 0.254 e. The first-order chi connectivity index (χ1) is 12.7. The van der Waals surface area contributed by atoms with E-state index >= 15 is 0 Å². The lowest BCUT2D eigenvalue weighted by atomic mass is 10.0. The van der Waals surface area contributed by atoms with Crippen LogP contribution >= 0.6 is 0 Å². The van der Waals surface area contributed by atoms with Crippen LogP contribution in [-0.2, 0) is 11.2 Å². The summed E-state index contributed by atoms with van der Waals surface area (Å²) in [5, 5.41) is 11.9. The van der Waals surface area contributed by atoms with Gasteiger partial charge in [-0.05, 0) is 18.1 Å². The molecule has 0 spiro atoms. The van der Waals surface area contributed by atoms with Crippen molar-refractivity contribution < 1.29 is 9.59 Å². The van der Waals surface area contributed by atoms with E-state index in [1.165, 1.54) is 0 Å². The standard InChI is InChI=1S/C20H28N4O2/c1-2-3-8-19(25)22-11-12-23-13-15-24(16-14-23)20(26)18-7-5-4-6-17(18)9-10-21/h4-7H,2-3,8-9,11-16H2,1H3,(H,22,25). The van der Waals surface area contributed by atoms with Gasteiger partial charge in [-0.3, -0.25) is 14.5 Å². The van der Waals surface area contributed by atoms with Crippen LogP contribution in [0, 0.1) is 11.3 Å². The molecule has 6 nitrogen and oxygen atoms in total. The Balaban J connectivity index is 1.77. The molecule has 2 rings (SSSR count). The summed E-state index contributed by atoms with van der Waals surface area (Å²) in [5.41, 5.74) is 1.42. The van der Waals surface area contributed by atoms with Crippen molar-refractivity contribution in [2.75, 3.05) is 39.3 Å². The minimum atomic E-state index is 0.00312. The van der Waals surface area contributed by atoms with Crippen molar-refractivity contribution in [2.45, 2.75) is 32.6 Å². The fraction of sp³-hybridized carbons (Fsp3) is 0.550. The summed E-state index contributed by atoms with van der Waals surface area (Å²) in [6.07, 6.45) is 2.81. The van der Waals surface area contributed by atoms with Crippen molar-refractivity contribution in [2.24, 2.45) is 0 Å². The second-order valence-corrected chi connectivity index (χ2v) is 6.58. The number of benzene rings is 1. The second-order valence-electron chi connectivity index (χ2n) is 6.58. The van der Waals surface area contributed by atoms with E-state index in [1.807, 2.05) is 23.1 Å². The molecule has 1 saturated heterocycles. The summed E-state index contributed by atoms with van der Waals surface area (Å²) in [5.74, 6) is 0.123. The number of carbonyl (C=O) groups excluding carboxylic acids is 2. The van der Waals surface area contributed by atoms with Gasteiger partial charge in [0.1, 0.15) is 0 Å². The van der Waals surface area contributed by atoms with Crippen molar-refractivity contribution in [1.29, 1.82) is 5.26 Å². The second kappa shape index (κ2) is 10.6. The molecule has 1 aromatic carbocycles. The number of amides is 2. The van der Waals surface area contributed by atoms with Crippen LogP contribution in [0.3, 0.4) is 0 Å². The average Bonchev–Trinajstić information content (AvgIpc) is 2.67. The van der Waals surface area contributed by atoms with Crippen molar-refractivity contribution in [3.05, 3.63) is 35.4 Å². The molecular weight excluding hydrogens is 328 g/mol. The van der Waals surface area contributed by atoms with Gasteiger partial charge >= 0.3 is 0 Å². The first kappa shape index (κ1) is 19.9. The molecule has 140 valence electrons. The van der Waals surface area contributed by atoms with E-state index in [0.29, 0.717) is 31.6 Å². The summed E-state index contributed by atoms with van der Waals surface area (Å²) in [7, 11) is 0. The molecule has 0 aromatic heterocycles. The van der Waals surface area contributed by atoms with Crippen LogP contribution in [0.5, 0.6) is 0 Å². The molecule has 26 heavy (non-hydrogen) atoms. The van der Waals surface area contributed by atoms with Crippen LogP contribution in [0.15, 0.2) is 24.3 Å². The van der Waals surface area contributed by atoms with Crippen LogP contribution in [0.2, 0.25) is 0 Å². The number of nitrogens with zero attached hydrogens (tertiary/aromatic N) is 3. The highest BCUT2D eigenvalue weighted by molar-refractivity contribution is 5.95. The number of piperazine rings is 1. The molecule has 0 aliphatic carbocycles. The third-order valence-electron chi connectivity index (χ3n) is 4.68. The minimum absolute atomic E-state index is 0.00312. The van der Waals surface area contributed by atoms with Gasteiger partial charge in [0.25, 0.3) is 5.91 Å². The van der Waals surface area contributed by atoms with Gasteiger partial charge in [0.15, 0.2) is 0 Å². The smallest absolute Gasteiger partial charge is 0.254 e. The Labute approximate surface area is 155 Å². The van der Waals surface area contributed by atoms with Crippen molar-refractivity contribution in [3.8, 4) is 6.07 Å². The van der Waals surface area contributed by atoms with E-state index in [9.17, 15) is 9.59 Å². The summed E-state index contributed by atoms with van der Waals surface area (Å²) < 4.78 is 0. The lowest BCUT2D eigenvalue weighted by Gasteiger charge is -2.35. The van der Waals surface area contributed by atoms with Gasteiger partial charge in [-0.2, -0.15) is 5.26 Å². The number of rotatable bonds is 8. The van der Waals surface area contributed by atoms with Crippen molar-refractivity contribution in [1.82, 2.24) is 15.1 Å². The van der Waals surface area contributed by atoms with Gasteiger partial charge in [-0.15, -0.1) is 0 Å². The topological polar surface area (TPSA) is 76.4 Å². The highest BCUT2D eigenvalue weighted by Crippen LogP contribution is 2.14. The molecule has 1 fully saturated rings. The molecule has 1 aliphatic rings. The Kier molecular flexibility index (Phi) is 8.10. The van der Waals surface area contributed by atoms with Crippen LogP contribution < -0.4 is 5.32 Å². The highest BCUT2D eigenvalue weighted by Gasteiger charge is 2.23. The van der Waals surface area contributed by atoms with Crippen molar-refractivity contribution >= 4 is 11.8 Å². The Hall–Kier alpha value is -2.39. The van der Waals surface area contributed by atoms with E-state index < -0.39 is 0 Å². The summed E-state index contributed by atoms with van der Waals surface area (Å²) in [6, 6.07) is 9.46. The summed E-state index contributed by atoms with van der Waals surface area (Å²) >= 11 is 0. The van der Waals surface area contributed by atoms with Gasteiger partial charge in [0.2, 0.25) is 5.91 Å². The van der Waals surface area contributed by atoms with Gasteiger partial charge in [0, 0.05) is 51.3 Å². The Morgan fingerprint density at radius 3 is 2.62 bits per heavy atom. The minimum Gasteiger partial charge on any atom is -0.355 e. The van der Waals surface area contributed by atoms with Crippen LogP contribution in [-0.4, -0.2) is 60.9 Å². The first-order valence-corrected chi connectivity index (χ1v) is 9.39. The Morgan fingerprint density at radius 1 is 1.19 bits per heavy atom. The number of carbonyl (C=O) groups is 2. The zero-order valence-electron chi connectivity index (χ0n) is 15.5. The maximum atomic E-state index is 12.7. The summed E-state index contributed by atoms with van der Waals surface area (Å²) in [6.45, 7) is 6.49. The normalized spacial score (nSPS) is 14.7. The number of nitriles is 1. The SMILES string of the molecule is CCCCC(=O)NCCN1CCN(C(=O)c2ccccc2CC#N)CC1. The third kappa shape index (κ3) is 5.85. The molecule has 1 aliphatic heterocycles. The molecule has 0 bridgehead atoms. The number of hydrogen-bond acceptors (Lipinski definition) is 4. The van der Waals surface area contributed by atoms with E-state index in [-0.39, 0.29) is 18.2 Å². The predicted molar refractivity (Wildman–Crippen MR) is 101 cm³/mol. The lowest BCUT2D eigenvalue weighted by Crippen LogP contribution is -2.50. The fourth-order valence-corrected chi connectivity index (χ4v) is 3.09. The molecule has 1 aromatic rings.